The molecule has 0 unspecified atom stereocenters. The van der Waals surface area contributed by atoms with Gasteiger partial charge in [-0.3, -0.25) is 4.79 Å². The van der Waals surface area contributed by atoms with Crippen LogP contribution in [0.2, 0.25) is 0 Å². The zero-order chi connectivity index (χ0) is 21.3. The van der Waals surface area contributed by atoms with Crippen molar-refractivity contribution in [3.05, 3.63) is 29.8 Å². The molecule has 9 heteroatoms. The van der Waals surface area contributed by atoms with Gasteiger partial charge in [-0.2, -0.15) is 4.31 Å². The molecular formula is C20H34N4O4S. The summed E-state index contributed by atoms with van der Waals surface area (Å²) >= 11 is 0. The third-order valence-corrected chi connectivity index (χ3v) is 6.93. The number of carbonyl (C=O) groups excluding carboxylic acids is 1. The zero-order valence-electron chi connectivity index (χ0n) is 17.8. The van der Waals surface area contributed by atoms with Crippen molar-refractivity contribution < 1.29 is 17.9 Å². The first-order valence-corrected chi connectivity index (χ1v) is 11.6. The highest BCUT2D eigenvalue weighted by Crippen LogP contribution is 2.18. The van der Waals surface area contributed by atoms with Crippen LogP contribution in [0.4, 0.5) is 0 Å². The topological polar surface area (TPSA) is 82.2 Å². The number of nitrogens with zero attached hydrogens (tertiary/aromatic N) is 3. The van der Waals surface area contributed by atoms with Gasteiger partial charge in [-0.1, -0.05) is 12.1 Å². The first-order valence-electron chi connectivity index (χ1n) is 10.2. The fourth-order valence-electron chi connectivity index (χ4n) is 3.11. The number of ether oxygens (including phenoxy) is 1. The van der Waals surface area contributed by atoms with Crippen molar-refractivity contribution in [2.45, 2.75) is 18.2 Å². The van der Waals surface area contributed by atoms with E-state index in [1.165, 1.54) is 17.4 Å². The van der Waals surface area contributed by atoms with Crippen LogP contribution in [0.1, 0.15) is 12.5 Å². The normalized spacial score (nSPS) is 19.3. The fraction of sp³-hybridized carbons (Fsp3) is 0.650. The average molecular weight is 427 g/mol. The Labute approximate surface area is 174 Å². The molecule has 2 heterocycles. The summed E-state index contributed by atoms with van der Waals surface area (Å²) in [4.78, 5) is 16.1. The highest BCUT2D eigenvalue weighted by molar-refractivity contribution is 7.89. The van der Waals surface area contributed by atoms with Crippen molar-refractivity contribution >= 4 is 16.0 Å². The summed E-state index contributed by atoms with van der Waals surface area (Å²) in [6, 6.07) is 6.45. The Morgan fingerprint density at radius 3 is 2.00 bits per heavy atom. The molecule has 0 bridgehead atoms. The van der Waals surface area contributed by atoms with E-state index in [1.807, 2.05) is 7.05 Å². The van der Waals surface area contributed by atoms with Gasteiger partial charge < -0.3 is 19.9 Å². The molecule has 3 rings (SSSR count). The molecule has 1 N–H and O–H groups in total. The molecule has 8 nitrogen and oxygen atoms in total. The summed E-state index contributed by atoms with van der Waals surface area (Å²) in [7, 11) is 0.683. The molecule has 0 amide bonds. The quantitative estimate of drug-likeness (QED) is 0.676. The van der Waals surface area contributed by atoms with Crippen LogP contribution < -0.4 is 5.32 Å². The number of rotatable bonds is 5. The van der Waals surface area contributed by atoms with Crippen molar-refractivity contribution in [3.8, 4) is 0 Å². The number of benzene rings is 1. The molecule has 2 fully saturated rings. The van der Waals surface area contributed by atoms with Gasteiger partial charge in [-0.15, -0.1) is 0 Å². The summed E-state index contributed by atoms with van der Waals surface area (Å²) in [6.07, 6.45) is 0.155. The third kappa shape index (κ3) is 7.67. The van der Waals surface area contributed by atoms with E-state index >= 15 is 0 Å². The van der Waals surface area contributed by atoms with Gasteiger partial charge in [0.25, 0.3) is 0 Å². The van der Waals surface area contributed by atoms with E-state index in [0.29, 0.717) is 19.7 Å². The monoisotopic (exact) mass is 426 g/mol. The second kappa shape index (κ2) is 11.6. The Kier molecular flexibility index (Phi) is 9.51. The summed E-state index contributed by atoms with van der Waals surface area (Å²) in [5.41, 5.74) is 0.746. The largest absolute Gasteiger partial charge is 0.466 e. The first-order chi connectivity index (χ1) is 13.8. The van der Waals surface area contributed by atoms with E-state index in [9.17, 15) is 13.2 Å². The molecule has 29 heavy (non-hydrogen) atoms. The maximum absolute atomic E-state index is 12.5. The molecule has 1 aromatic rings. The molecule has 0 aliphatic carbocycles. The lowest BCUT2D eigenvalue weighted by molar-refractivity contribution is -0.142. The zero-order valence-corrected chi connectivity index (χ0v) is 18.6. The van der Waals surface area contributed by atoms with E-state index in [0.717, 1.165) is 31.7 Å². The minimum Gasteiger partial charge on any atom is -0.466 e. The number of hydrogen-bond donors (Lipinski definition) is 1. The molecule has 1 aromatic carbocycles. The van der Waals surface area contributed by atoms with E-state index in [-0.39, 0.29) is 17.3 Å². The van der Waals surface area contributed by atoms with Crippen LogP contribution >= 0.6 is 0 Å². The SMILES string of the molecule is CCOC(=O)Cc1ccc(S(=O)(=O)N2CCN(C)CC2)cc1.CN1CCNCC1. The Bertz CT molecular complexity index is 725. The predicted octanol–water partition coefficient (Wildman–Crippen LogP) is 0.250. The molecule has 164 valence electrons. The van der Waals surface area contributed by atoms with Gasteiger partial charge in [0.15, 0.2) is 0 Å². The Hall–Kier alpha value is -1.52. The Morgan fingerprint density at radius 1 is 0.966 bits per heavy atom. The van der Waals surface area contributed by atoms with Gasteiger partial charge in [0.2, 0.25) is 10.0 Å². The minimum absolute atomic E-state index is 0.155. The summed E-state index contributed by atoms with van der Waals surface area (Å²) < 4.78 is 31.5. The minimum atomic E-state index is -3.45. The van der Waals surface area contributed by atoms with Crippen molar-refractivity contribution in [1.82, 2.24) is 19.4 Å². The maximum atomic E-state index is 12.5. The van der Waals surface area contributed by atoms with Crippen molar-refractivity contribution in [2.24, 2.45) is 0 Å². The van der Waals surface area contributed by atoms with Crippen LogP contribution in [-0.2, 0) is 26.0 Å². The number of carbonyl (C=O) groups is 1. The average Bonchev–Trinajstić information content (AvgIpc) is 2.70. The molecular weight excluding hydrogens is 392 g/mol. The van der Waals surface area contributed by atoms with Crippen LogP contribution in [0.5, 0.6) is 0 Å². The lowest BCUT2D eigenvalue weighted by atomic mass is 10.1. The maximum Gasteiger partial charge on any atom is 0.310 e. The molecule has 2 saturated heterocycles. The van der Waals surface area contributed by atoms with Crippen LogP contribution in [0.3, 0.4) is 0 Å². The summed E-state index contributed by atoms with van der Waals surface area (Å²) in [6.45, 7) is 9.32. The standard InChI is InChI=1S/C15H22N2O4S.C5H12N2/c1-3-21-15(18)12-13-4-6-14(7-5-13)22(19,20)17-10-8-16(2)9-11-17;1-7-4-2-6-3-5-7/h4-7H,3,8-12H2,1-2H3;6H,2-5H2,1H3. The van der Waals surface area contributed by atoms with Crippen LogP contribution in [0.25, 0.3) is 0 Å². The number of piperazine rings is 2. The van der Waals surface area contributed by atoms with Gasteiger partial charge in [-0.25, -0.2) is 8.42 Å². The van der Waals surface area contributed by atoms with E-state index < -0.39 is 10.0 Å². The molecule has 0 atom stereocenters. The lowest BCUT2D eigenvalue weighted by Crippen LogP contribution is -2.46. The van der Waals surface area contributed by atoms with Crippen molar-refractivity contribution in [3.63, 3.8) is 0 Å². The molecule has 0 saturated carbocycles. The predicted molar refractivity (Wildman–Crippen MR) is 113 cm³/mol. The van der Waals surface area contributed by atoms with Gasteiger partial charge >= 0.3 is 5.97 Å². The number of likely N-dealkylation sites (N-methyl/N-ethyl adjacent to an activating group) is 2. The van der Waals surface area contributed by atoms with Gasteiger partial charge in [-0.05, 0) is 38.7 Å². The number of esters is 1. The lowest BCUT2D eigenvalue weighted by Gasteiger charge is -2.31. The van der Waals surface area contributed by atoms with Gasteiger partial charge in [0.05, 0.1) is 17.9 Å². The number of nitrogens with one attached hydrogen (secondary N) is 1. The molecule has 0 spiro atoms. The third-order valence-electron chi connectivity index (χ3n) is 5.02. The van der Waals surface area contributed by atoms with Crippen LogP contribution in [-0.4, -0.2) is 102 Å². The van der Waals surface area contributed by atoms with Gasteiger partial charge in [0.1, 0.15) is 0 Å². The second-order valence-corrected chi connectivity index (χ2v) is 9.32. The van der Waals surface area contributed by atoms with Crippen molar-refractivity contribution in [2.75, 3.05) is 73.1 Å². The summed E-state index contributed by atoms with van der Waals surface area (Å²) in [5, 5.41) is 3.27. The van der Waals surface area contributed by atoms with E-state index in [4.69, 9.17) is 4.74 Å². The molecule has 0 radical (unpaired) electrons. The van der Waals surface area contributed by atoms with E-state index in [1.54, 1.807) is 31.2 Å². The summed E-state index contributed by atoms with van der Waals surface area (Å²) in [5.74, 6) is -0.308. The molecule has 2 aliphatic rings. The van der Waals surface area contributed by atoms with Crippen molar-refractivity contribution in [1.29, 1.82) is 0 Å². The van der Waals surface area contributed by atoms with Crippen LogP contribution in [0.15, 0.2) is 29.2 Å². The number of hydrogen-bond acceptors (Lipinski definition) is 7. The first kappa shape index (κ1) is 23.8. The van der Waals surface area contributed by atoms with Gasteiger partial charge in [0, 0.05) is 52.4 Å². The van der Waals surface area contributed by atoms with E-state index in [2.05, 4.69) is 22.2 Å². The Morgan fingerprint density at radius 2 is 1.52 bits per heavy atom. The molecule has 2 aliphatic heterocycles. The highest BCUT2D eigenvalue weighted by Gasteiger charge is 2.27. The second-order valence-electron chi connectivity index (χ2n) is 7.39. The van der Waals surface area contributed by atoms with Crippen LogP contribution in [0, 0.1) is 0 Å². The molecule has 0 aromatic heterocycles. The smallest absolute Gasteiger partial charge is 0.310 e. The highest BCUT2D eigenvalue weighted by atomic mass is 32.2. The Balaban J connectivity index is 0.000000360. The number of sulfonamides is 1. The fourth-order valence-corrected chi connectivity index (χ4v) is 4.53.